The number of methoxy groups -OCH3 is 1. The Balaban J connectivity index is 1.55. The number of imidazole rings is 1. The predicted octanol–water partition coefficient (Wildman–Crippen LogP) is 4.49. The van der Waals surface area contributed by atoms with Crippen molar-refractivity contribution in [1.82, 2.24) is 9.55 Å². The van der Waals surface area contributed by atoms with Gasteiger partial charge in [-0.3, -0.25) is 4.79 Å². The van der Waals surface area contributed by atoms with Crippen LogP contribution in [0.3, 0.4) is 0 Å². The second-order valence-corrected chi connectivity index (χ2v) is 7.51. The molecule has 6 nitrogen and oxygen atoms in total. The van der Waals surface area contributed by atoms with Crippen LogP contribution in [0.2, 0.25) is 0 Å². The molecule has 0 fully saturated rings. The highest BCUT2D eigenvalue weighted by Crippen LogP contribution is 2.25. The highest BCUT2D eigenvalue weighted by molar-refractivity contribution is 5.75. The van der Waals surface area contributed by atoms with Crippen LogP contribution in [0.25, 0.3) is 0 Å². The Labute approximate surface area is 167 Å². The Morgan fingerprint density at radius 2 is 1.64 bits per heavy atom. The van der Waals surface area contributed by atoms with E-state index in [2.05, 4.69) is 4.98 Å². The third-order valence-electron chi connectivity index (χ3n) is 4.67. The standard InChI is InChI=1S/C22H32N2O4/c1-22(2,21(25)26-3)12-5-4-6-16-27-19-8-10-20(11-9-19)28-17-7-14-24-15-13-23-18-24/h8-11,13,15,18H,4-7,12,14,16-17H2,1-3H3. The molecule has 0 spiro atoms. The maximum Gasteiger partial charge on any atom is 0.311 e. The molecule has 0 bridgehead atoms. The molecule has 1 aromatic carbocycles. The number of unbranched alkanes of at least 4 members (excludes halogenated alkanes) is 2. The maximum atomic E-state index is 11.6. The van der Waals surface area contributed by atoms with Crippen LogP contribution in [0, 0.1) is 5.41 Å². The Bertz CT molecular complexity index is 681. The van der Waals surface area contributed by atoms with Crippen LogP contribution in [-0.4, -0.2) is 35.8 Å². The van der Waals surface area contributed by atoms with Crippen LogP contribution in [0.5, 0.6) is 11.5 Å². The van der Waals surface area contributed by atoms with Gasteiger partial charge in [-0.2, -0.15) is 0 Å². The Morgan fingerprint density at radius 1 is 1.00 bits per heavy atom. The van der Waals surface area contributed by atoms with Gasteiger partial charge in [0, 0.05) is 18.9 Å². The third kappa shape index (κ3) is 7.62. The molecule has 1 heterocycles. The van der Waals surface area contributed by atoms with Gasteiger partial charge < -0.3 is 18.8 Å². The van der Waals surface area contributed by atoms with Crippen molar-refractivity contribution in [2.75, 3.05) is 20.3 Å². The lowest BCUT2D eigenvalue weighted by molar-refractivity contribution is -0.151. The smallest absolute Gasteiger partial charge is 0.311 e. The molecule has 0 aliphatic heterocycles. The van der Waals surface area contributed by atoms with Crippen molar-refractivity contribution in [3.05, 3.63) is 43.0 Å². The predicted molar refractivity (Wildman–Crippen MR) is 109 cm³/mol. The molecule has 2 rings (SSSR count). The Kier molecular flexibility index (Phi) is 8.85. The van der Waals surface area contributed by atoms with Gasteiger partial charge in [0.1, 0.15) is 11.5 Å². The molecular formula is C22H32N2O4. The number of hydrogen-bond donors (Lipinski definition) is 0. The van der Waals surface area contributed by atoms with Gasteiger partial charge >= 0.3 is 5.97 Å². The van der Waals surface area contributed by atoms with Crippen LogP contribution in [0.4, 0.5) is 0 Å². The van der Waals surface area contributed by atoms with E-state index in [0.717, 1.165) is 50.1 Å². The van der Waals surface area contributed by atoms with Gasteiger partial charge in [-0.15, -0.1) is 0 Å². The van der Waals surface area contributed by atoms with Crippen LogP contribution in [0.1, 0.15) is 46.0 Å². The zero-order valence-corrected chi connectivity index (χ0v) is 17.2. The van der Waals surface area contributed by atoms with Gasteiger partial charge in [-0.25, -0.2) is 4.98 Å². The van der Waals surface area contributed by atoms with Crippen LogP contribution < -0.4 is 9.47 Å². The lowest BCUT2D eigenvalue weighted by atomic mass is 9.87. The SMILES string of the molecule is COC(=O)C(C)(C)CCCCCOc1ccc(OCCCn2ccnc2)cc1. The number of nitrogens with zero attached hydrogens (tertiary/aromatic N) is 2. The van der Waals surface area contributed by atoms with Crippen molar-refractivity contribution in [1.29, 1.82) is 0 Å². The molecule has 0 saturated carbocycles. The third-order valence-corrected chi connectivity index (χ3v) is 4.67. The molecule has 0 aliphatic carbocycles. The number of esters is 1. The molecule has 0 saturated heterocycles. The lowest BCUT2D eigenvalue weighted by Crippen LogP contribution is -2.25. The van der Waals surface area contributed by atoms with E-state index in [1.165, 1.54) is 7.11 Å². The van der Waals surface area contributed by atoms with E-state index in [0.29, 0.717) is 13.2 Å². The lowest BCUT2D eigenvalue weighted by Gasteiger charge is -2.21. The van der Waals surface area contributed by atoms with Crippen molar-refractivity contribution in [2.45, 2.75) is 52.5 Å². The summed E-state index contributed by atoms with van der Waals surface area (Å²) in [6.45, 7) is 6.09. The quantitative estimate of drug-likeness (QED) is 0.374. The van der Waals surface area contributed by atoms with Gasteiger partial charge in [0.05, 0.1) is 32.1 Å². The second kappa shape index (κ2) is 11.4. The first-order chi connectivity index (χ1) is 13.5. The molecule has 0 aliphatic rings. The molecular weight excluding hydrogens is 356 g/mol. The molecule has 0 unspecified atom stereocenters. The molecule has 2 aromatic rings. The summed E-state index contributed by atoms with van der Waals surface area (Å²) in [4.78, 5) is 15.7. The van der Waals surface area contributed by atoms with Crippen molar-refractivity contribution in [3.8, 4) is 11.5 Å². The molecule has 0 amide bonds. The number of hydrogen-bond acceptors (Lipinski definition) is 5. The van der Waals surface area contributed by atoms with Gasteiger partial charge in [-0.05, 0) is 57.4 Å². The van der Waals surface area contributed by atoms with Crippen molar-refractivity contribution in [2.24, 2.45) is 5.41 Å². The fourth-order valence-corrected chi connectivity index (χ4v) is 2.90. The summed E-state index contributed by atoms with van der Waals surface area (Å²) in [7, 11) is 1.44. The molecule has 28 heavy (non-hydrogen) atoms. The number of carbonyl (C=O) groups excluding carboxylic acids is 1. The number of aromatic nitrogens is 2. The van der Waals surface area contributed by atoms with E-state index in [9.17, 15) is 4.79 Å². The zero-order chi connectivity index (χ0) is 20.2. The van der Waals surface area contributed by atoms with Crippen LogP contribution in [0.15, 0.2) is 43.0 Å². The summed E-state index contributed by atoms with van der Waals surface area (Å²) in [5.74, 6) is 1.55. The van der Waals surface area contributed by atoms with Crippen molar-refractivity contribution >= 4 is 5.97 Å². The van der Waals surface area contributed by atoms with Gasteiger partial charge in [0.15, 0.2) is 0 Å². The van der Waals surface area contributed by atoms with Crippen molar-refractivity contribution < 1.29 is 19.0 Å². The van der Waals surface area contributed by atoms with E-state index < -0.39 is 5.41 Å². The molecule has 0 radical (unpaired) electrons. The topological polar surface area (TPSA) is 62.6 Å². The van der Waals surface area contributed by atoms with E-state index in [-0.39, 0.29) is 5.97 Å². The molecule has 154 valence electrons. The highest BCUT2D eigenvalue weighted by Gasteiger charge is 2.27. The molecule has 0 atom stereocenters. The normalized spacial score (nSPS) is 11.2. The number of carbonyl (C=O) groups is 1. The Hall–Kier alpha value is -2.50. The number of rotatable bonds is 13. The summed E-state index contributed by atoms with van der Waals surface area (Å²) < 4.78 is 18.4. The summed E-state index contributed by atoms with van der Waals surface area (Å²) in [6.07, 6.45) is 10.3. The second-order valence-electron chi connectivity index (χ2n) is 7.51. The first kappa shape index (κ1) is 21.8. The van der Waals surface area contributed by atoms with E-state index in [1.807, 2.05) is 55.2 Å². The monoisotopic (exact) mass is 388 g/mol. The average Bonchev–Trinajstić information content (AvgIpc) is 3.21. The highest BCUT2D eigenvalue weighted by atomic mass is 16.5. The largest absolute Gasteiger partial charge is 0.494 e. The van der Waals surface area contributed by atoms with E-state index >= 15 is 0 Å². The minimum Gasteiger partial charge on any atom is -0.494 e. The number of ether oxygens (including phenoxy) is 3. The molecule has 1 aromatic heterocycles. The van der Waals surface area contributed by atoms with E-state index in [1.54, 1.807) is 6.20 Å². The summed E-state index contributed by atoms with van der Waals surface area (Å²) in [5, 5.41) is 0. The number of benzene rings is 1. The van der Waals surface area contributed by atoms with Crippen LogP contribution in [-0.2, 0) is 16.1 Å². The van der Waals surface area contributed by atoms with E-state index in [4.69, 9.17) is 14.2 Å². The number of aryl methyl sites for hydroxylation is 1. The minimum atomic E-state index is -0.412. The zero-order valence-electron chi connectivity index (χ0n) is 17.2. The maximum absolute atomic E-state index is 11.6. The Morgan fingerprint density at radius 3 is 2.21 bits per heavy atom. The van der Waals surface area contributed by atoms with Gasteiger partial charge in [-0.1, -0.05) is 12.8 Å². The fourth-order valence-electron chi connectivity index (χ4n) is 2.90. The summed E-state index contributed by atoms with van der Waals surface area (Å²) in [6, 6.07) is 7.74. The van der Waals surface area contributed by atoms with Gasteiger partial charge in [0.2, 0.25) is 0 Å². The fraction of sp³-hybridized carbons (Fsp3) is 0.545. The average molecular weight is 389 g/mol. The summed E-state index contributed by atoms with van der Waals surface area (Å²) in [5.41, 5.74) is -0.412. The van der Waals surface area contributed by atoms with Gasteiger partial charge in [0.25, 0.3) is 0 Å². The molecule has 6 heteroatoms. The first-order valence-electron chi connectivity index (χ1n) is 9.91. The van der Waals surface area contributed by atoms with Crippen molar-refractivity contribution in [3.63, 3.8) is 0 Å². The minimum absolute atomic E-state index is 0.146. The first-order valence-corrected chi connectivity index (χ1v) is 9.91. The summed E-state index contributed by atoms with van der Waals surface area (Å²) >= 11 is 0. The molecule has 0 N–H and O–H groups in total. The van der Waals surface area contributed by atoms with Crippen LogP contribution >= 0.6 is 0 Å².